The first kappa shape index (κ1) is 13.3. The minimum atomic E-state index is -0.303. The molecular weight excluding hydrogens is 320 g/mol. The van der Waals surface area contributed by atoms with E-state index in [1.165, 1.54) is 0 Å². The maximum absolute atomic E-state index is 11.7. The molecule has 6 heteroatoms. The van der Waals surface area contributed by atoms with Crippen molar-refractivity contribution in [2.45, 2.75) is 12.8 Å². The number of hydrogen-bond acceptors (Lipinski definition) is 4. The topological polar surface area (TPSA) is 69.8 Å². The molecule has 0 fully saturated rings. The lowest BCUT2D eigenvalue weighted by molar-refractivity contribution is 0.708. The Labute approximate surface area is 125 Å². The number of aromatic nitrogens is 2. The smallest absolute Gasteiger partial charge is 0.340 e. The van der Waals surface area contributed by atoms with Crippen LogP contribution in [0.2, 0.25) is 0 Å². The van der Waals surface area contributed by atoms with E-state index < -0.39 is 0 Å². The fourth-order valence-electron chi connectivity index (χ4n) is 2.39. The van der Waals surface area contributed by atoms with Crippen LogP contribution in [0.15, 0.2) is 33.5 Å². The van der Waals surface area contributed by atoms with E-state index in [1.807, 2.05) is 24.3 Å². The third-order valence-electron chi connectivity index (χ3n) is 3.31. The Morgan fingerprint density at radius 3 is 2.95 bits per heavy atom. The third kappa shape index (κ3) is 2.91. The summed E-state index contributed by atoms with van der Waals surface area (Å²) in [5.41, 5.74) is 2.68. The fraction of sp³-hybridized carbons (Fsp3) is 0.286. The van der Waals surface area contributed by atoms with Crippen LogP contribution in [0.25, 0.3) is 0 Å². The number of rotatable bonds is 2. The van der Waals surface area contributed by atoms with Gasteiger partial charge in [-0.05, 0) is 31.2 Å². The van der Waals surface area contributed by atoms with Gasteiger partial charge in [0.2, 0.25) is 0 Å². The fourth-order valence-corrected chi connectivity index (χ4v) is 2.78. The number of fused-ring (bicyclic) bond motifs is 1. The first-order valence-corrected chi connectivity index (χ1v) is 7.37. The van der Waals surface area contributed by atoms with Gasteiger partial charge in [-0.2, -0.15) is 4.98 Å². The maximum atomic E-state index is 11.7. The zero-order valence-corrected chi connectivity index (χ0v) is 12.5. The highest BCUT2D eigenvalue weighted by atomic mass is 79.9. The number of nitrogens with zero attached hydrogens (tertiary/aromatic N) is 1. The molecule has 5 nitrogen and oxygen atoms in total. The highest BCUT2D eigenvalue weighted by molar-refractivity contribution is 9.10. The summed E-state index contributed by atoms with van der Waals surface area (Å²) in [5.74, 6) is 0.658. The van der Waals surface area contributed by atoms with Crippen molar-refractivity contribution in [1.82, 2.24) is 15.3 Å². The van der Waals surface area contributed by atoms with Crippen molar-refractivity contribution in [2.75, 3.05) is 18.4 Å². The Morgan fingerprint density at radius 2 is 2.10 bits per heavy atom. The second kappa shape index (κ2) is 5.76. The van der Waals surface area contributed by atoms with Gasteiger partial charge in [-0.1, -0.05) is 22.0 Å². The van der Waals surface area contributed by atoms with Crippen LogP contribution in [0, 0.1) is 0 Å². The van der Waals surface area contributed by atoms with Crippen molar-refractivity contribution in [1.29, 1.82) is 0 Å². The van der Waals surface area contributed by atoms with Gasteiger partial charge in [-0.25, -0.2) is 4.79 Å². The second-order valence-electron chi connectivity index (χ2n) is 4.73. The molecule has 1 aromatic carbocycles. The van der Waals surface area contributed by atoms with Crippen LogP contribution >= 0.6 is 15.9 Å². The molecule has 0 saturated heterocycles. The van der Waals surface area contributed by atoms with E-state index in [-0.39, 0.29) is 5.69 Å². The average Bonchev–Trinajstić information content (AvgIpc) is 2.64. The van der Waals surface area contributed by atoms with Gasteiger partial charge in [0.1, 0.15) is 5.82 Å². The van der Waals surface area contributed by atoms with E-state index >= 15 is 0 Å². The quantitative estimate of drug-likeness (QED) is 0.785. The largest absolute Gasteiger partial charge is 0.347 e. The molecule has 0 radical (unpaired) electrons. The highest BCUT2D eigenvalue weighted by Crippen LogP contribution is 2.23. The normalized spacial score (nSPS) is 14.4. The molecule has 0 saturated carbocycles. The number of H-pyrrole nitrogens is 1. The van der Waals surface area contributed by atoms with Gasteiger partial charge < -0.3 is 15.6 Å². The number of halogens is 1. The van der Waals surface area contributed by atoms with Gasteiger partial charge in [0.05, 0.1) is 0 Å². The van der Waals surface area contributed by atoms with Crippen molar-refractivity contribution >= 4 is 27.4 Å². The monoisotopic (exact) mass is 334 g/mol. The summed E-state index contributed by atoms with van der Waals surface area (Å²) in [4.78, 5) is 18.6. The summed E-state index contributed by atoms with van der Waals surface area (Å²) in [7, 11) is 0. The van der Waals surface area contributed by atoms with E-state index in [2.05, 4.69) is 36.5 Å². The Morgan fingerprint density at radius 1 is 1.25 bits per heavy atom. The van der Waals surface area contributed by atoms with Crippen LogP contribution in [-0.4, -0.2) is 23.1 Å². The molecule has 20 heavy (non-hydrogen) atoms. The lowest BCUT2D eigenvalue weighted by atomic mass is 10.1. The molecule has 2 heterocycles. The third-order valence-corrected chi connectivity index (χ3v) is 3.81. The summed E-state index contributed by atoms with van der Waals surface area (Å²) in [6.45, 7) is 1.77. The first-order valence-electron chi connectivity index (χ1n) is 6.58. The highest BCUT2D eigenvalue weighted by Gasteiger charge is 2.15. The van der Waals surface area contributed by atoms with Crippen LogP contribution in [0.3, 0.4) is 0 Å². The Bertz CT molecular complexity index is 683. The van der Waals surface area contributed by atoms with Crippen molar-refractivity contribution in [3.05, 3.63) is 50.5 Å². The minimum Gasteiger partial charge on any atom is -0.340 e. The number of hydrogen-bond donors (Lipinski definition) is 3. The van der Waals surface area contributed by atoms with E-state index in [0.29, 0.717) is 5.82 Å². The lowest BCUT2D eigenvalue weighted by Gasteiger charge is -2.12. The molecule has 104 valence electrons. The molecule has 3 rings (SSSR count). The van der Waals surface area contributed by atoms with Gasteiger partial charge in [-0.15, -0.1) is 0 Å². The van der Waals surface area contributed by atoms with Crippen LogP contribution < -0.4 is 16.3 Å². The summed E-state index contributed by atoms with van der Waals surface area (Å²) in [6.07, 6.45) is 1.68. The number of benzene rings is 1. The number of nitrogens with one attached hydrogen (secondary N) is 3. The van der Waals surface area contributed by atoms with E-state index in [1.54, 1.807) is 0 Å². The van der Waals surface area contributed by atoms with E-state index in [4.69, 9.17) is 0 Å². The SMILES string of the molecule is O=c1nc(Nc2cccc(Br)c2)c2c([nH]1)CCNCC2. The lowest BCUT2D eigenvalue weighted by Crippen LogP contribution is -2.18. The molecule has 0 amide bonds. The summed E-state index contributed by atoms with van der Waals surface area (Å²) < 4.78 is 0.986. The van der Waals surface area contributed by atoms with E-state index in [0.717, 1.165) is 47.3 Å². The van der Waals surface area contributed by atoms with Gasteiger partial charge in [0.25, 0.3) is 0 Å². The van der Waals surface area contributed by atoms with Gasteiger partial charge in [0, 0.05) is 34.4 Å². The standard InChI is InChI=1S/C14H15BrN4O/c15-9-2-1-3-10(8-9)17-13-11-4-6-16-7-5-12(11)18-14(20)19-13/h1-3,8,16H,4-7H2,(H2,17,18,19,20). The summed E-state index contributed by atoms with van der Waals surface area (Å²) >= 11 is 3.44. The maximum Gasteiger partial charge on any atom is 0.347 e. The predicted octanol–water partition coefficient (Wildman–Crippen LogP) is 1.96. The van der Waals surface area contributed by atoms with Crippen molar-refractivity contribution < 1.29 is 0 Å². The Kier molecular flexibility index (Phi) is 3.84. The zero-order valence-electron chi connectivity index (χ0n) is 10.9. The van der Waals surface area contributed by atoms with Gasteiger partial charge in [-0.3, -0.25) is 0 Å². The molecule has 0 spiro atoms. The molecule has 3 N–H and O–H groups in total. The molecule has 1 aliphatic heterocycles. The second-order valence-corrected chi connectivity index (χ2v) is 5.65. The molecule has 2 aromatic rings. The molecule has 0 bridgehead atoms. The molecule has 0 aliphatic carbocycles. The summed E-state index contributed by atoms with van der Waals surface area (Å²) in [5, 5.41) is 6.58. The van der Waals surface area contributed by atoms with Crippen molar-refractivity contribution in [2.24, 2.45) is 0 Å². The molecule has 1 aromatic heterocycles. The van der Waals surface area contributed by atoms with Gasteiger partial charge >= 0.3 is 5.69 Å². The van der Waals surface area contributed by atoms with Crippen LogP contribution in [0.4, 0.5) is 11.5 Å². The Hall–Kier alpha value is -1.66. The first-order chi connectivity index (χ1) is 9.72. The molecule has 0 atom stereocenters. The number of anilines is 2. The van der Waals surface area contributed by atoms with Crippen LogP contribution in [0.1, 0.15) is 11.3 Å². The van der Waals surface area contributed by atoms with Crippen molar-refractivity contribution in [3.8, 4) is 0 Å². The predicted molar refractivity (Wildman–Crippen MR) is 82.6 cm³/mol. The van der Waals surface area contributed by atoms with Gasteiger partial charge in [0.15, 0.2) is 0 Å². The van der Waals surface area contributed by atoms with Crippen molar-refractivity contribution in [3.63, 3.8) is 0 Å². The molecular formula is C14H15BrN4O. The van der Waals surface area contributed by atoms with Crippen LogP contribution in [0.5, 0.6) is 0 Å². The Balaban J connectivity index is 2.00. The zero-order chi connectivity index (χ0) is 13.9. The van der Waals surface area contributed by atoms with E-state index in [9.17, 15) is 4.79 Å². The average molecular weight is 335 g/mol. The molecule has 0 unspecified atom stereocenters. The summed E-state index contributed by atoms with van der Waals surface area (Å²) in [6, 6.07) is 7.82. The molecule has 1 aliphatic rings. The van der Waals surface area contributed by atoms with Crippen LogP contribution in [-0.2, 0) is 12.8 Å². The minimum absolute atomic E-state index is 0.303. The number of aromatic amines is 1.